The summed E-state index contributed by atoms with van der Waals surface area (Å²) in [6.45, 7) is 0.887. The monoisotopic (exact) mass is 197 g/mol. The van der Waals surface area contributed by atoms with Gasteiger partial charge < -0.3 is 10.4 Å². The van der Waals surface area contributed by atoms with Gasteiger partial charge in [0.05, 0.1) is 0 Å². The van der Waals surface area contributed by atoms with Crippen LogP contribution in [0.25, 0.3) is 0 Å². The molecule has 80 valence electrons. The summed E-state index contributed by atoms with van der Waals surface area (Å²) >= 11 is 0. The van der Waals surface area contributed by atoms with E-state index in [0.29, 0.717) is 11.8 Å². The zero-order chi connectivity index (χ0) is 9.97. The van der Waals surface area contributed by atoms with Crippen LogP contribution in [-0.2, 0) is 4.79 Å². The molecule has 2 rings (SSSR count). The van der Waals surface area contributed by atoms with Crippen LogP contribution < -0.4 is 5.32 Å². The number of hydrogen-bond acceptors (Lipinski definition) is 2. The molecule has 0 aromatic heterocycles. The maximum absolute atomic E-state index is 11.0. The highest BCUT2D eigenvalue weighted by atomic mass is 16.4. The summed E-state index contributed by atoms with van der Waals surface area (Å²) in [5.74, 6) is 0.408. The van der Waals surface area contributed by atoms with Crippen molar-refractivity contribution in [2.45, 2.75) is 44.6 Å². The van der Waals surface area contributed by atoms with Crippen LogP contribution in [0.15, 0.2) is 0 Å². The first kappa shape index (κ1) is 9.97. The van der Waals surface area contributed by atoms with Gasteiger partial charge in [-0.3, -0.25) is 4.79 Å². The fraction of sp³-hybridized carbons (Fsp3) is 0.909. The van der Waals surface area contributed by atoms with E-state index in [1.54, 1.807) is 0 Å². The Morgan fingerprint density at radius 2 is 1.86 bits per heavy atom. The molecule has 0 aromatic carbocycles. The van der Waals surface area contributed by atoms with Crippen molar-refractivity contribution >= 4 is 5.97 Å². The largest absolute Gasteiger partial charge is 0.480 e. The van der Waals surface area contributed by atoms with Crippen LogP contribution in [-0.4, -0.2) is 23.7 Å². The number of rotatable bonds is 2. The maximum atomic E-state index is 11.0. The Balaban J connectivity index is 1.97. The number of aliphatic carboxylic acids is 1. The normalized spacial score (nSPS) is 34.6. The maximum Gasteiger partial charge on any atom is 0.320 e. The first-order valence-corrected chi connectivity index (χ1v) is 5.75. The summed E-state index contributed by atoms with van der Waals surface area (Å²) in [6.07, 6.45) is 7.49. The molecule has 0 bridgehead atoms. The lowest BCUT2D eigenvalue weighted by Gasteiger charge is -2.29. The third-order valence-corrected chi connectivity index (χ3v) is 3.79. The second-order valence-corrected chi connectivity index (χ2v) is 4.62. The zero-order valence-electron chi connectivity index (χ0n) is 8.54. The van der Waals surface area contributed by atoms with Crippen molar-refractivity contribution in [2.75, 3.05) is 6.54 Å². The van der Waals surface area contributed by atoms with E-state index in [1.165, 1.54) is 32.1 Å². The minimum absolute atomic E-state index is 0.266. The third kappa shape index (κ3) is 1.92. The van der Waals surface area contributed by atoms with E-state index in [1.807, 2.05) is 0 Å². The van der Waals surface area contributed by atoms with Crippen molar-refractivity contribution in [2.24, 2.45) is 11.8 Å². The van der Waals surface area contributed by atoms with Gasteiger partial charge in [0, 0.05) is 0 Å². The van der Waals surface area contributed by atoms with Gasteiger partial charge in [-0.15, -0.1) is 0 Å². The van der Waals surface area contributed by atoms with Crippen LogP contribution in [0.5, 0.6) is 0 Å². The van der Waals surface area contributed by atoms with E-state index < -0.39 is 5.97 Å². The average molecular weight is 197 g/mol. The van der Waals surface area contributed by atoms with Crippen LogP contribution in [0.2, 0.25) is 0 Å². The van der Waals surface area contributed by atoms with Crippen LogP contribution >= 0.6 is 0 Å². The standard InChI is InChI=1S/C11H19NO2/c13-11(14)10-9(6-7-12-10)8-4-2-1-3-5-8/h8-10,12H,1-7H2,(H,13,14)/t9-,10?/m1/s1. The number of carbonyl (C=O) groups is 1. The molecule has 3 heteroatoms. The minimum atomic E-state index is -0.655. The highest BCUT2D eigenvalue weighted by molar-refractivity contribution is 5.74. The molecule has 2 fully saturated rings. The zero-order valence-corrected chi connectivity index (χ0v) is 8.54. The predicted molar refractivity (Wildman–Crippen MR) is 54.1 cm³/mol. The van der Waals surface area contributed by atoms with Gasteiger partial charge in [0.15, 0.2) is 0 Å². The van der Waals surface area contributed by atoms with Crippen LogP contribution in [0, 0.1) is 11.8 Å². The molecule has 1 saturated carbocycles. The van der Waals surface area contributed by atoms with Crippen molar-refractivity contribution in [3.05, 3.63) is 0 Å². The molecular formula is C11H19NO2. The quantitative estimate of drug-likeness (QED) is 0.707. The Morgan fingerprint density at radius 3 is 2.50 bits per heavy atom. The summed E-state index contributed by atoms with van der Waals surface area (Å²) in [5, 5.41) is 12.2. The molecule has 1 aliphatic heterocycles. The predicted octanol–water partition coefficient (Wildman–Crippen LogP) is 1.63. The summed E-state index contributed by atoms with van der Waals surface area (Å²) in [6, 6.07) is -0.266. The Hall–Kier alpha value is -0.570. The lowest BCUT2D eigenvalue weighted by molar-refractivity contribution is -0.140. The number of nitrogens with one attached hydrogen (secondary N) is 1. The molecule has 14 heavy (non-hydrogen) atoms. The van der Waals surface area contributed by atoms with Gasteiger partial charge in [0.2, 0.25) is 0 Å². The Kier molecular flexibility index (Phi) is 3.06. The second-order valence-electron chi connectivity index (χ2n) is 4.62. The van der Waals surface area contributed by atoms with Gasteiger partial charge >= 0.3 is 5.97 Å². The molecule has 1 aliphatic carbocycles. The first-order valence-electron chi connectivity index (χ1n) is 5.75. The molecule has 3 nitrogen and oxygen atoms in total. The molecule has 2 aliphatic rings. The van der Waals surface area contributed by atoms with E-state index in [4.69, 9.17) is 5.11 Å². The molecular weight excluding hydrogens is 178 g/mol. The van der Waals surface area contributed by atoms with Gasteiger partial charge in [-0.25, -0.2) is 0 Å². The van der Waals surface area contributed by atoms with E-state index >= 15 is 0 Å². The summed E-state index contributed by atoms with van der Waals surface area (Å²) in [4.78, 5) is 11.0. The molecule has 0 spiro atoms. The Morgan fingerprint density at radius 1 is 1.14 bits per heavy atom. The van der Waals surface area contributed by atoms with Crippen molar-refractivity contribution < 1.29 is 9.90 Å². The van der Waals surface area contributed by atoms with Gasteiger partial charge in [0.1, 0.15) is 6.04 Å². The van der Waals surface area contributed by atoms with Crippen LogP contribution in [0.1, 0.15) is 38.5 Å². The molecule has 2 N–H and O–H groups in total. The summed E-state index contributed by atoms with van der Waals surface area (Å²) in [7, 11) is 0. The minimum Gasteiger partial charge on any atom is -0.480 e. The summed E-state index contributed by atoms with van der Waals surface area (Å²) < 4.78 is 0. The number of carboxylic acid groups (broad SMARTS) is 1. The van der Waals surface area contributed by atoms with Gasteiger partial charge in [-0.1, -0.05) is 32.1 Å². The first-order chi connectivity index (χ1) is 6.79. The Labute approximate surface area is 84.9 Å². The third-order valence-electron chi connectivity index (χ3n) is 3.79. The van der Waals surface area contributed by atoms with Crippen molar-refractivity contribution in [1.82, 2.24) is 5.32 Å². The van der Waals surface area contributed by atoms with Crippen molar-refractivity contribution in [3.8, 4) is 0 Å². The van der Waals surface area contributed by atoms with Gasteiger partial charge in [-0.2, -0.15) is 0 Å². The highest BCUT2D eigenvalue weighted by Crippen LogP contribution is 2.35. The lowest BCUT2D eigenvalue weighted by atomic mass is 9.77. The molecule has 1 heterocycles. The molecule has 0 amide bonds. The highest BCUT2D eigenvalue weighted by Gasteiger charge is 2.37. The van der Waals surface area contributed by atoms with E-state index in [9.17, 15) is 4.79 Å². The van der Waals surface area contributed by atoms with Gasteiger partial charge in [-0.05, 0) is 24.8 Å². The number of carboxylic acids is 1. The average Bonchev–Trinajstić information content (AvgIpc) is 2.67. The van der Waals surface area contributed by atoms with Gasteiger partial charge in [0.25, 0.3) is 0 Å². The van der Waals surface area contributed by atoms with E-state index in [0.717, 1.165) is 13.0 Å². The SMILES string of the molecule is O=C(O)C1NCC[C@@H]1C1CCCCC1. The second kappa shape index (κ2) is 4.30. The summed E-state index contributed by atoms with van der Waals surface area (Å²) in [5.41, 5.74) is 0. The Bertz CT molecular complexity index is 211. The molecule has 1 saturated heterocycles. The fourth-order valence-corrected chi connectivity index (χ4v) is 3.06. The van der Waals surface area contributed by atoms with E-state index in [2.05, 4.69) is 5.32 Å². The molecule has 1 unspecified atom stereocenters. The van der Waals surface area contributed by atoms with Crippen molar-refractivity contribution in [1.29, 1.82) is 0 Å². The van der Waals surface area contributed by atoms with E-state index in [-0.39, 0.29) is 6.04 Å². The van der Waals surface area contributed by atoms with Crippen LogP contribution in [0.3, 0.4) is 0 Å². The molecule has 0 aromatic rings. The lowest BCUT2D eigenvalue weighted by Crippen LogP contribution is -2.38. The van der Waals surface area contributed by atoms with Crippen molar-refractivity contribution in [3.63, 3.8) is 0 Å². The molecule has 0 radical (unpaired) electrons. The smallest absolute Gasteiger partial charge is 0.320 e. The topological polar surface area (TPSA) is 49.3 Å². The fourth-order valence-electron chi connectivity index (χ4n) is 3.06. The van der Waals surface area contributed by atoms with Crippen LogP contribution in [0.4, 0.5) is 0 Å². The number of hydrogen-bond donors (Lipinski definition) is 2. The molecule has 2 atom stereocenters.